The molecule has 0 aromatic heterocycles. The lowest BCUT2D eigenvalue weighted by Crippen LogP contribution is -2.48. The van der Waals surface area contributed by atoms with Gasteiger partial charge in [0.25, 0.3) is 0 Å². The smallest absolute Gasteiger partial charge is 0.325 e. The van der Waals surface area contributed by atoms with E-state index in [-0.39, 0.29) is 12.2 Å². The topological polar surface area (TPSA) is 70.8 Å². The summed E-state index contributed by atoms with van der Waals surface area (Å²) in [5, 5.41) is 0. The normalized spacial score (nSPS) is 18.2. The maximum Gasteiger partial charge on any atom is 0.325 e. The van der Waals surface area contributed by atoms with Crippen LogP contribution >= 0.6 is 0 Å². The van der Waals surface area contributed by atoms with Crippen LogP contribution in [-0.2, 0) is 19.0 Å². The molecule has 102 valence electrons. The number of hydrogen-bond donors (Lipinski definition) is 1. The second-order valence-electron chi connectivity index (χ2n) is 4.53. The number of carbonyl (C=O) groups is 1. The number of hydrogen-bond acceptors (Lipinski definition) is 5. The maximum atomic E-state index is 11.4. The number of esters is 1. The van der Waals surface area contributed by atoms with Crippen LogP contribution in [0, 0.1) is 0 Å². The highest BCUT2D eigenvalue weighted by Gasteiger charge is 2.32. The van der Waals surface area contributed by atoms with Crippen molar-refractivity contribution < 1.29 is 19.0 Å². The van der Waals surface area contributed by atoms with Crippen LogP contribution in [0.25, 0.3) is 0 Å². The molecule has 0 saturated carbocycles. The summed E-state index contributed by atoms with van der Waals surface area (Å²) in [6, 6.07) is 0. The maximum absolute atomic E-state index is 11.4. The first-order valence-corrected chi connectivity index (χ1v) is 5.94. The average molecular weight is 247 g/mol. The van der Waals surface area contributed by atoms with Gasteiger partial charge in [-0.15, -0.1) is 0 Å². The van der Waals surface area contributed by atoms with Gasteiger partial charge in [0, 0.05) is 13.0 Å². The Morgan fingerprint density at radius 1 is 1.35 bits per heavy atom. The van der Waals surface area contributed by atoms with E-state index >= 15 is 0 Å². The molecule has 3 atom stereocenters. The van der Waals surface area contributed by atoms with Crippen LogP contribution in [-0.4, -0.2) is 44.0 Å². The lowest BCUT2D eigenvalue weighted by molar-refractivity contribution is -0.148. The Morgan fingerprint density at radius 3 is 2.41 bits per heavy atom. The fourth-order valence-electron chi connectivity index (χ4n) is 1.68. The largest absolute Gasteiger partial charge is 0.468 e. The molecular weight excluding hydrogens is 222 g/mol. The monoisotopic (exact) mass is 247 g/mol. The molecule has 5 nitrogen and oxygen atoms in total. The summed E-state index contributed by atoms with van der Waals surface area (Å²) in [5.74, 6) is -0.426. The highest BCUT2D eigenvalue weighted by molar-refractivity contribution is 5.79. The number of methoxy groups -OCH3 is 1. The Kier molecular flexibility index (Phi) is 7.34. The molecule has 0 aliphatic heterocycles. The third kappa shape index (κ3) is 6.61. The molecule has 0 bridgehead atoms. The molecule has 0 aromatic carbocycles. The molecule has 17 heavy (non-hydrogen) atoms. The van der Waals surface area contributed by atoms with E-state index in [4.69, 9.17) is 15.2 Å². The summed E-state index contributed by atoms with van der Waals surface area (Å²) in [6.45, 7) is 8.60. The van der Waals surface area contributed by atoms with Gasteiger partial charge in [0.05, 0.1) is 25.9 Å². The SMILES string of the molecule is CCOCC(C)OC(C)CC(C)(N)C(=O)OC. The molecule has 0 aliphatic carbocycles. The minimum absolute atomic E-state index is 0.0154. The van der Waals surface area contributed by atoms with E-state index < -0.39 is 11.5 Å². The number of rotatable bonds is 8. The van der Waals surface area contributed by atoms with Crippen LogP contribution in [0.1, 0.15) is 34.1 Å². The van der Waals surface area contributed by atoms with E-state index in [1.54, 1.807) is 6.92 Å². The standard InChI is InChI=1S/C12H25NO4/c1-6-16-8-10(3)17-9(2)7-12(4,13)11(14)15-5/h9-10H,6-8,13H2,1-5H3. The van der Waals surface area contributed by atoms with Crippen molar-refractivity contribution in [2.24, 2.45) is 5.73 Å². The van der Waals surface area contributed by atoms with Crippen molar-refractivity contribution in [1.82, 2.24) is 0 Å². The lowest BCUT2D eigenvalue weighted by atomic mass is 9.96. The lowest BCUT2D eigenvalue weighted by Gasteiger charge is -2.27. The Hall–Kier alpha value is -0.650. The fourth-order valence-corrected chi connectivity index (χ4v) is 1.68. The Bertz CT molecular complexity index is 231. The first kappa shape index (κ1) is 16.4. The Labute approximate surface area is 104 Å². The summed E-state index contributed by atoms with van der Waals surface area (Å²) in [4.78, 5) is 11.4. The minimum Gasteiger partial charge on any atom is -0.468 e. The van der Waals surface area contributed by atoms with Crippen molar-refractivity contribution in [3.63, 3.8) is 0 Å². The van der Waals surface area contributed by atoms with Gasteiger partial charge in [0.15, 0.2) is 0 Å². The van der Waals surface area contributed by atoms with Gasteiger partial charge >= 0.3 is 5.97 Å². The molecule has 0 amide bonds. The zero-order chi connectivity index (χ0) is 13.5. The third-order valence-corrected chi connectivity index (χ3v) is 2.38. The third-order valence-electron chi connectivity index (χ3n) is 2.38. The van der Waals surface area contributed by atoms with Crippen molar-refractivity contribution >= 4 is 5.97 Å². The predicted molar refractivity (Wildman–Crippen MR) is 65.7 cm³/mol. The summed E-state index contributed by atoms with van der Waals surface area (Å²) in [6.07, 6.45) is 0.272. The van der Waals surface area contributed by atoms with Crippen molar-refractivity contribution in [2.75, 3.05) is 20.3 Å². The van der Waals surface area contributed by atoms with Crippen molar-refractivity contribution in [2.45, 2.75) is 51.9 Å². The van der Waals surface area contributed by atoms with E-state index in [1.807, 2.05) is 20.8 Å². The van der Waals surface area contributed by atoms with Gasteiger partial charge in [0.1, 0.15) is 5.54 Å². The molecule has 0 rings (SSSR count). The van der Waals surface area contributed by atoms with Crippen LogP contribution in [0.5, 0.6) is 0 Å². The van der Waals surface area contributed by atoms with Gasteiger partial charge in [-0.05, 0) is 27.7 Å². The minimum atomic E-state index is -1.01. The zero-order valence-electron chi connectivity index (χ0n) is 11.5. The average Bonchev–Trinajstić information content (AvgIpc) is 2.23. The first-order chi connectivity index (χ1) is 7.83. The van der Waals surface area contributed by atoms with Gasteiger partial charge in [-0.25, -0.2) is 0 Å². The van der Waals surface area contributed by atoms with Crippen LogP contribution in [0.2, 0.25) is 0 Å². The van der Waals surface area contributed by atoms with E-state index in [2.05, 4.69) is 4.74 Å². The molecule has 0 aromatic rings. The van der Waals surface area contributed by atoms with Crippen LogP contribution in [0.4, 0.5) is 0 Å². The van der Waals surface area contributed by atoms with E-state index in [0.717, 1.165) is 0 Å². The van der Waals surface area contributed by atoms with Crippen LogP contribution in [0.15, 0.2) is 0 Å². The summed E-state index contributed by atoms with van der Waals surface area (Å²) in [7, 11) is 1.33. The number of nitrogens with two attached hydrogens (primary N) is 1. The van der Waals surface area contributed by atoms with Crippen molar-refractivity contribution in [3.05, 3.63) is 0 Å². The molecule has 5 heteroatoms. The quantitative estimate of drug-likeness (QED) is 0.650. The number of carbonyl (C=O) groups excluding carboxylic acids is 1. The molecule has 0 aliphatic rings. The van der Waals surface area contributed by atoms with Gasteiger partial charge < -0.3 is 19.9 Å². The molecular formula is C12H25NO4. The highest BCUT2D eigenvalue weighted by atomic mass is 16.5. The molecule has 0 saturated heterocycles. The summed E-state index contributed by atoms with van der Waals surface area (Å²) >= 11 is 0. The molecule has 3 unspecified atom stereocenters. The van der Waals surface area contributed by atoms with Gasteiger partial charge in [-0.3, -0.25) is 4.79 Å². The van der Waals surface area contributed by atoms with Gasteiger partial charge in [0.2, 0.25) is 0 Å². The fraction of sp³-hybridized carbons (Fsp3) is 0.917. The van der Waals surface area contributed by atoms with Crippen molar-refractivity contribution in [3.8, 4) is 0 Å². The Morgan fingerprint density at radius 2 is 1.94 bits per heavy atom. The van der Waals surface area contributed by atoms with E-state index in [1.165, 1.54) is 7.11 Å². The highest BCUT2D eigenvalue weighted by Crippen LogP contribution is 2.14. The molecule has 0 fully saturated rings. The van der Waals surface area contributed by atoms with Crippen molar-refractivity contribution in [1.29, 1.82) is 0 Å². The Balaban J connectivity index is 4.07. The molecule has 2 N–H and O–H groups in total. The second-order valence-corrected chi connectivity index (χ2v) is 4.53. The van der Waals surface area contributed by atoms with Crippen LogP contribution < -0.4 is 5.73 Å². The molecule has 0 spiro atoms. The second kappa shape index (κ2) is 7.63. The van der Waals surface area contributed by atoms with Gasteiger partial charge in [-0.2, -0.15) is 0 Å². The number of ether oxygens (including phenoxy) is 3. The van der Waals surface area contributed by atoms with Gasteiger partial charge in [-0.1, -0.05) is 0 Å². The van der Waals surface area contributed by atoms with E-state index in [0.29, 0.717) is 19.6 Å². The van der Waals surface area contributed by atoms with E-state index in [9.17, 15) is 4.79 Å². The summed E-state index contributed by atoms with van der Waals surface area (Å²) in [5.41, 5.74) is 4.85. The summed E-state index contributed by atoms with van der Waals surface area (Å²) < 4.78 is 15.6. The zero-order valence-corrected chi connectivity index (χ0v) is 11.5. The first-order valence-electron chi connectivity index (χ1n) is 5.94. The molecule has 0 radical (unpaired) electrons. The molecule has 0 heterocycles. The predicted octanol–water partition coefficient (Wildman–Crippen LogP) is 1.10. The van der Waals surface area contributed by atoms with Crippen LogP contribution in [0.3, 0.4) is 0 Å².